The molecule has 3 aromatic rings. The monoisotopic (exact) mass is 574 g/mol. The first-order valence-corrected chi connectivity index (χ1v) is 15.0. The number of aryl methyl sites for hydroxylation is 1. The first-order chi connectivity index (χ1) is 20.8. The predicted octanol–water partition coefficient (Wildman–Crippen LogP) is 3.84. The van der Waals surface area contributed by atoms with E-state index in [4.69, 9.17) is 4.98 Å². The fraction of sp³-hybridized carbons (Fsp3) is 0.412. The van der Waals surface area contributed by atoms with E-state index in [0.29, 0.717) is 37.8 Å². The molecular formula is C34H38N8O. The van der Waals surface area contributed by atoms with E-state index < -0.39 is 0 Å². The molecular weight excluding hydrogens is 536 g/mol. The van der Waals surface area contributed by atoms with Gasteiger partial charge in [-0.1, -0.05) is 36.9 Å². The number of carbonyl (C=O) groups is 1. The molecule has 2 fully saturated rings. The van der Waals surface area contributed by atoms with Crippen LogP contribution in [0.2, 0.25) is 0 Å². The van der Waals surface area contributed by atoms with Crippen molar-refractivity contribution < 1.29 is 4.79 Å². The van der Waals surface area contributed by atoms with Gasteiger partial charge < -0.3 is 24.5 Å². The molecule has 43 heavy (non-hydrogen) atoms. The van der Waals surface area contributed by atoms with E-state index in [-0.39, 0.29) is 18.4 Å². The van der Waals surface area contributed by atoms with Gasteiger partial charge in [-0.2, -0.15) is 10.5 Å². The summed E-state index contributed by atoms with van der Waals surface area (Å²) in [6, 6.07) is 17.9. The van der Waals surface area contributed by atoms with Gasteiger partial charge in [-0.3, -0.25) is 4.79 Å². The van der Waals surface area contributed by atoms with Crippen molar-refractivity contribution in [2.24, 2.45) is 0 Å². The number of amides is 1. The van der Waals surface area contributed by atoms with Crippen LogP contribution in [0.25, 0.3) is 10.8 Å². The van der Waals surface area contributed by atoms with Crippen LogP contribution < -0.4 is 14.7 Å². The van der Waals surface area contributed by atoms with Crippen LogP contribution in [0.4, 0.5) is 17.2 Å². The lowest BCUT2D eigenvalue weighted by Gasteiger charge is -2.46. The largest absolute Gasteiger partial charge is 0.366 e. The molecule has 9 heteroatoms. The van der Waals surface area contributed by atoms with Crippen molar-refractivity contribution in [2.75, 3.05) is 68.1 Å². The minimum Gasteiger partial charge on any atom is -0.366 e. The van der Waals surface area contributed by atoms with Crippen molar-refractivity contribution in [1.82, 2.24) is 14.8 Å². The zero-order valence-electron chi connectivity index (χ0n) is 25.3. The van der Waals surface area contributed by atoms with E-state index >= 15 is 0 Å². The van der Waals surface area contributed by atoms with Crippen LogP contribution in [-0.2, 0) is 17.8 Å². The van der Waals surface area contributed by atoms with Crippen LogP contribution in [0.15, 0.2) is 49.1 Å². The summed E-state index contributed by atoms with van der Waals surface area (Å²) in [5, 5.41) is 22.7. The average Bonchev–Trinajstić information content (AvgIpc) is 2.98. The molecule has 1 amide bonds. The van der Waals surface area contributed by atoms with Crippen molar-refractivity contribution in [3.05, 3.63) is 71.4 Å². The minimum atomic E-state index is -0.274. The molecule has 0 unspecified atom stereocenters. The number of hydrogen-bond acceptors (Lipinski definition) is 8. The van der Waals surface area contributed by atoms with Crippen LogP contribution in [0.5, 0.6) is 0 Å². The normalized spacial score (nSPS) is 18.7. The average molecular weight is 575 g/mol. The highest BCUT2D eigenvalue weighted by atomic mass is 16.2. The zero-order valence-corrected chi connectivity index (χ0v) is 25.3. The predicted molar refractivity (Wildman–Crippen MR) is 170 cm³/mol. The highest BCUT2D eigenvalue weighted by Gasteiger charge is 2.38. The molecule has 220 valence electrons. The first kappa shape index (κ1) is 28.5. The minimum absolute atomic E-state index is 0.158. The molecule has 0 radical (unpaired) electrons. The van der Waals surface area contributed by atoms with Crippen LogP contribution in [0, 0.1) is 29.6 Å². The lowest BCUT2D eigenvalue weighted by molar-refractivity contribution is -0.128. The van der Waals surface area contributed by atoms with Gasteiger partial charge in [-0.15, -0.1) is 0 Å². The number of aromatic nitrogens is 1. The number of fused-ring (bicyclic) bond motifs is 2. The molecule has 4 heterocycles. The van der Waals surface area contributed by atoms with Crippen molar-refractivity contribution >= 4 is 33.9 Å². The molecule has 6 rings (SSSR count). The van der Waals surface area contributed by atoms with Crippen LogP contribution in [0.1, 0.15) is 28.8 Å². The van der Waals surface area contributed by atoms with Gasteiger partial charge in [-0.05, 0) is 50.5 Å². The molecule has 0 aliphatic carbocycles. The number of hydrogen-bond donors (Lipinski definition) is 0. The number of likely N-dealkylation sites (N-methyl/N-ethyl adjacent to an activating group) is 1. The Morgan fingerprint density at radius 2 is 1.84 bits per heavy atom. The third kappa shape index (κ3) is 5.04. The Morgan fingerprint density at radius 3 is 2.53 bits per heavy atom. The summed E-state index contributed by atoms with van der Waals surface area (Å²) >= 11 is 0. The van der Waals surface area contributed by atoms with Crippen LogP contribution in [0.3, 0.4) is 0 Å². The lowest BCUT2D eigenvalue weighted by Crippen LogP contribution is -2.58. The van der Waals surface area contributed by atoms with Gasteiger partial charge >= 0.3 is 0 Å². The molecule has 0 saturated carbocycles. The highest BCUT2D eigenvalue weighted by Crippen LogP contribution is 2.41. The quantitative estimate of drug-likeness (QED) is 0.410. The number of carbonyl (C=O) groups excluding carboxylic acids is 1. The number of nitriles is 2. The van der Waals surface area contributed by atoms with Crippen molar-refractivity contribution in [3.8, 4) is 12.1 Å². The van der Waals surface area contributed by atoms with Crippen LogP contribution >= 0.6 is 0 Å². The Bertz CT molecular complexity index is 1660. The summed E-state index contributed by atoms with van der Waals surface area (Å²) in [6.07, 6.45) is 2.30. The Hall–Kier alpha value is -4.60. The standard InChI is InChI=1S/C34H38N8O/c1-5-31(43)42-17-16-40(19-25(42)12-14-35)33-27-13-15-39(30-11-7-10-24-9-6-8-23(2)32(24)30)22-29(27)37-34(28(33)18-36)41-20-26(21-41)38(3)4/h5-11,25-26H,1,12-13,15-17,19-22H2,2-4H3/t25-/m0/s1. The molecule has 0 bridgehead atoms. The van der Waals surface area contributed by atoms with E-state index in [9.17, 15) is 15.3 Å². The second-order valence-corrected chi connectivity index (χ2v) is 12.0. The summed E-state index contributed by atoms with van der Waals surface area (Å²) in [5.74, 6) is 0.584. The molecule has 3 aliphatic heterocycles. The van der Waals surface area contributed by atoms with Gasteiger partial charge in [0.2, 0.25) is 5.91 Å². The highest BCUT2D eigenvalue weighted by molar-refractivity contribution is 5.97. The van der Waals surface area contributed by atoms with E-state index in [1.165, 1.54) is 28.1 Å². The molecule has 2 aromatic carbocycles. The Balaban J connectivity index is 1.43. The molecule has 2 saturated heterocycles. The molecule has 1 aromatic heterocycles. The SMILES string of the molecule is C=CC(=O)N1CCN(c2c(C#N)c(N3CC(N(C)C)C3)nc3c2CCN(c2cccc4cccc(C)c24)C3)C[C@@H]1CC#N. The zero-order chi connectivity index (χ0) is 30.2. The van der Waals surface area contributed by atoms with Gasteiger partial charge in [0, 0.05) is 61.9 Å². The summed E-state index contributed by atoms with van der Waals surface area (Å²) < 4.78 is 0. The molecule has 0 spiro atoms. The molecule has 3 aliphatic rings. The van der Waals surface area contributed by atoms with Gasteiger partial charge in [0.25, 0.3) is 0 Å². The second-order valence-electron chi connectivity index (χ2n) is 12.0. The first-order valence-electron chi connectivity index (χ1n) is 15.0. The summed E-state index contributed by atoms with van der Waals surface area (Å²) in [6.45, 7) is 10.5. The van der Waals surface area contributed by atoms with Crippen LogP contribution in [-0.4, -0.2) is 86.1 Å². The van der Waals surface area contributed by atoms with Crippen molar-refractivity contribution in [1.29, 1.82) is 10.5 Å². The number of piperazine rings is 1. The van der Waals surface area contributed by atoms with E-state index in [0.717, 1.165) is 48.8 Å². The number of benzene rings is 2. The molecule has 1 atom stereocenters. The Morgan fingerprint density at radius 1 is 1.07 bits per heavy atom. The van der Waals surface area contributed by atoms with Gasteiger partial charge in [0.05, 0.1) is 36.5 Å². The number of rotatable bonds is 6. The second kappa shape index (κ2) is 11.6. The van der Waals surface area contributed by atoms with Gasteiger partial charge in [0.15, 0.2) is 0 Å². The van der Waals surface area contributed by atoms with Gasteiger partial charge in [-0.25, -0.2) is 4.98 Å². The van der Waals surface area contributed by atoms with Gasteiger partial charge in [0.1, 0.15) is 17.5 Å². The van der Waals surface area contributed by atoms with E-state index in [2.05, 4.69) is 95.7 Å². The summed E-state index contributed by atoms with van der Waals surface area (Å²) in [4.78, 5) is 28.7. The number of anilines is 3. The Labute approximate surface area is 253 Å². The van der Waals surface area contributed by atoms with E-state index in [1.807, 2.05) is 0 Å². The molecule has 0 N–H and O–H groups in total. The fourth-order valence-corrected chi connectivity index (χ4v) is 6.90. The van der Waals surface area contributed by atoms with E-state index in [1.54, 1.807) is 4.90 Å². The third-order valence-corrected chi connectivity index (χ3v) is 9.33. The van der Waals surface area contributed by atoms with Crippen molar-refractivity contribution in [3.63, 3.8) is 0 Å². The Kier molecular flexibility index (Phi) is 7.68. The maximum Gasteiger partial charge on any atom is 0.246 e. The lowest BCUT2D eigenvalue weighted by atomic mass is 9.94. The molecule has 9 nitrogen and oxygen atoms in total. The summed E-state index contributed by atoms with van der Waals surface area (Å²) in [5.41, 5.74) is 6.09. The fourth-order valence-electron chi connectivity index (χ4n) is 6.90. The number of pyridine rings is 1. The maximum absolute atomic E-state index is 12.6. The summed E-state index contributed by atoms with van der Waals surface area (Å²) in [7, 11) is 4.17. The number of nitrogens with zero attached hydrogens (tertiary/aromatic N) is 8. The van der Waals surface area contributed by atoms with Crippen molar-refractivity contribution in [2.45, 2.75) is 38.4 Å². The maximum atomic E-state index is 12.6. The smallest absolute Gasteiger partial charge is 0.246 e. The topological polar surface area (TPSA) is 93.7 Å². The third-order valence-electron chi connectivity index (χ3n) is 9.33.